The molecule has 3 aliphatic rings. The Morgan fingerprint density at radius 2 is 2.05 bits per heavy atom. The van der Waals surface area contributed by atoms with Crippen LogP contribution in [-0.4, -0.2) is 75.5 Å². The van der Waals surface area contributed by atoms with Gasteiger partial charge in [-0.3, -0.25) is 0 Å². The molecule has 5 heterocycles. The van der Waals surface area contributed by atoms with Crippen molar-refractivity contribution in [3.05, 3.63) is 47.9 Å². The summed E-state index contributed by atoms with van der Waals surface area (Å²) in [4.78, 5) is 9.76. The second-order valence-corrected chi connectivity index (χ2v) is 10.8. The first kappa shape index (κ1) is 24.2. The molecule has 0 spiro atoms. The highest BCUT2D eigenvalue weighted by molar-refractivity contribution is 6.04. The lowest BCUT2D eigenvalue weighted by molar-refractivity contribution is 0.0999. The van der Waals surface area contributed by atoms with E-state index in [4.69, 9.17) is 21.2 Å². The molecule has 0 radical (unpaired) electrons. The van der Waals surface area contributed by atoms with Crippen molar-refractivity contribution in [2.24, 2.45) is 0 Å². The molecule has 0 amide bonds. The SMILES string of the molecule is C#Cc1c(F)ccc2cc(O)cc(-c3cnn4c(N5CC6CC5CN6)cc(OC5CCN(CC)CC5)nc34)c12. The molecule has 7 rings (SSSR count). The first-order valence-corrected chi connectivity index (χ1v) is 13.7. The molecule has 2 unspecified atom stereocenters. The molecule has 0 aliphatic carbocycles. The van der Waals surface area contributed by atoms with Crippen molar-refractivity contribution in [3.8, 4) is 35.1 Å². The fraction of sp³-hybridized carbons (Fsp3) is 0.400. The Balaban J connectivity index is 1.39. The van der Waals surface area contributed by atoms with Crippen LogP contribution in [0.3, 0.4) is 0 Å². The fourth-order valence-electron chi connectivity index (χ4n) is 6.51. The summed E-state index contributed by atoms with van der Waals surface area (Å²) in [6.07, 6.45) is 10.5. The lowest BCUT2D eigenvalue weighted by atomic mass is 9.95. The Morgan fingerprint density at radius 1 is 1.21 bits per heavy atom. The minimum absolute atomic E-state index is 0.0599. The number of hydrogen-bond acceptors (Lipinski definition) is 7. The number of anilines is 1. The van der Waals surface area contributed by atoms with Gasteiger partial charge in [0, 0.05) is 55.3 Å². The van der Waals surface area contributed by atoms with Gasteiger partial charge in [-0.1, -0.05) is 18.9 Å². The molecule has 3 aliphatic heterocycles. The van der Waals surface area contributed by atoms with Gasteiger partial charge in [0.1, 0.15) is 23.5 Å². The number of likely N-dealkylation sites (tertiary alicyclic amines) is 1. The topological polar surface area (TPSA) is 78.2 Å². The van der Waals surface area contributed by atoms with E-state index in [0.717, 1.165) is 57.8 Å². The molecule has 2 aromatic heterocycles. The van der Waals surface area contributed by atoms with E-state index in [1.165, 1.54) is 6.07 Å². The van der Waals surface area contributed by atoms with Gasteiger partial charge in [0.15, 0.2) is 5.65 Å². The predicted molar refractivity (Wildman–Crippen MR) is 149 cm³/mol. The van der Waals surface area contributed by atoms with Crippen LogP contribution >= 0.6 is 0 Å². The zero-order valence-electron chi connectivity index (χ0n) is 21.9. The molecular formula is C30H31FN6O2. The molecule has 4 aromatic rings. The van der Waals surface area contributed by atoms with Crippen molar-refractivity contribution in [2.75, 3.05) is 37.6 Å². The van der Waals surface area contributed by atoms with Gasteiger partial charge in [-0.15, -0.1) is 6.42 Å². The first-order valence-electron chi connectivity index (χ1n) is 13.7. The highest BCUT2D eigenvalue weighted by Crippen LogP contribution is 2.39. The summed E-state index contributed by atoms with van der Waals surface area (Å²) in [6, 6.07) is 8.99. The molecule has 2 aromatic carbocycles. The minimum atomic E-state index is -0.481. The van der Waals surface area contributed by atoms with E-state index in [-0.39, 0.29) is 17.4 Å². The Morgan fingerprint density at radius 3 is 2.77 bits per heavy atom. The van der Waals surface area contributed by atoms with Crippen molar-refractivity contribution in [2.45, 2.75) is 44.4 Å². The number of hydrogen-bond donors (Lipinski definition) is 2. The van der Waals surface area contributed by atoms with Gasteiger partial charge in [-0.05, 0) is 55.0 Å². The van der Waals surface area contributed by atoms with Crippen molar-refractivity contribution >= 4 is 22.2 Å². The number of terminal acetylenes is 1. The lowest BCUT2D eigenvalue weighted by Gasteiger charge is -2.32. The second-order valence-electron chi connectivity index (χ2n) is 10.8. The third-order valence-corrected chi connectivity index (χ3v) is 8.54. The quantitative estimate of drug-likeness (QED) is 0.383. The van der Waals surface area contributed by atoms with Crippen LogP contribution in [0.1, 0.15) is 31.7 Å². The van der Waals surface area contributed by atoms with Crippen LogP contribution in [-0.2, 0) is 0 Å². The Kier molecular flexibility index (Phi) is 5.83. The van der Waals surface area contributed by atoms with Crippen LogP contribution in [0.25, 0.3) is 27.5 Å². The number of aromatic hydroxyl groups is 1. The number of benzene rings is 2. The number of piperazine rings is 1. The van der Waals surface area contributed by atoms with E-state index < -0.39 is 5.82 Å². The maximum Gasteiger partial charge on any atom is 0.219 e. The van der Waals surface area contributed by atoms with E-state index in [2.05, 4.69) is 28.0 Å². The van der Waals surface area contributed by atoms with Crippen molar-refractivity contribution < 1.29 is 14.2 Å². The molecule has 2 atom stereocenters. The zero-order chi connectivity index (χ0) is 26.7. The minimum Gasteiger partial charge on any atom is -0.508 e. The molecule has 39 heavy (non-hydrogen) atoms. The van der Waals surface area contributed by atoms with E-state index in [1.54, 1.807) is 24.4 Å². The molecule has 3 fully saturated rings. The highest BCUT2D eigenvalue weighted by atomic mass is 19.1. The summed E-state index contributed by atoms with van der Waals surface area (Å²) >= 11 is 0. The number of fused-ring (bicyclic) bond motifs is 4. The van der Waals surface area contributed by atoms with Crippen molar-refractivity contribution in [3.63, 3.8) is 0 Å². The number of rotatable bonds is 5. The molecule has 2 bridgehead atoms. The molecule has 8 nitrogen and oxygen atoms in total. The molecule has 3 saturated heterocycles. The van der Waals surface area contributed by atoms with Gasteiger partial charge in [-0.25, -0.2) is 4.39 Å². The predicted octanol–water partition coefficient (Wildman–Crippen LogP) is 3.79. The summed E-state index contributed by atoms with van der Waals surface area (Å²) in [7, 11) is 0. The van der Waals surface area contributed by atoms with Crippen LogP contribution in [0, 0.1) is 18.2 Å². The smallest absolute Gasteiger partial charge is 0.219 e. The maximum atomic E-state index is 14.8. The van der Waals surface area contributed by atoms with Crippen LogP contribution in [0.2, 0.25) is 0 Å². The number of ether oxygens (including phenoxy) is 1. The second kappa shape index (κ2) is 9.40. The lowest BCUT2D eigenvalue weighted by Crippen LogP contribution is -2.44. The summed E-state index contributed by atoms with van der Waals surface area (Å²) in [6.45, 7) is 7.05. The maximum absolute atomic E-state index is 14.8. The van der Waals surface area contributed by atoms with Gasteiger partial charge in [0.05, 0.1) is 11.8 Å². The van der Waals surface area contributed by atoms with Crippen molar-refractivity contribution in [1.82, 2.24) is 24.8 Å². The zero-order valence-corrected chi connectivity index (χ0v) is 21.9. The van der Waals surface area contributed by atoms with E-state index >= 15 is 0 Å². The standard InChI is InChI=1S/C30H31FN6O2/c1-3-23-26(31)6-5-18-11-21(38)13-24(29(18)23)25-16-33-37-28(36-17-19-12-20(36)15-32-19)14-27(34-30(25)37)39-22-7-9-35(4-2)10-8-22/h1,5-6,11,13-14,16,19-20,22,32,38H,4,7-10,12,15,17H2,2H3. The largest absolute Gasteiger partial charge is 0.508 e. The first-order chi connectivity index (χ1) is 19.0. The van der Waals surface area contributed by atoms with E-state index in [1.807, 2.05) is 10.6 Å². The van der Waals surface area contributed by atoms with Crippen LogP contribution in [0.4, 0.5) is 10.2 Å². The van der Waals surface area contributed by atoms with Crippen LogP contribution in [0.15, 0.2) is 36.5 Å². The monoisotopic (exact) mass is 526 g/mol. The fourth-order valence-corrected chi connectivity index (χ4v) is 6.51. The number of piperidine rings is 1. The summed E-state index contributed by atoms with van der Waals surface area (Å²) in [5.74, 6) is 3.57. The number of nitrogens with zero attached hydrogens (tertiary/aromatic N) is 5. The van der Waals surface area contributed by atoms with Crippen LogP contribution in [0.5, 0.6) is 11.6 Å². The number of aromatic nitrogens is 3. The normalized spacial score (nSPS) is 21.7. The van der Waals surface area contributed by atoms with Gasteiger partial charge >= 0.3 is 0 Å². The molecular weight excluding hydrogens is 495 g/mol. The third kappa shape index (κ3) is 4.06. The number of halogens is 1. The van der Waals surface area contributed by atoms with Crippen LogP contribution < -0.4 is 15.0 Å². The number of phenolic OH excluding ortho intramolecular Hbond substituents is 1. The molecule has 200 valence electrons. The molecule has 9 heteroatoms. The van der Waals surface area contributed by atoms with Gasteiger partial charge in [-0.2, -0.15) is 14.6 Å². The summed E-state index contributed by atoms with van der Waals surface area (Å²) in [5, 5.41) is 20.1. The Hall–Kier alpha value is -3.87. The van der Waals surface area contributed by atoms with Gasteiger partial charge < -0.3 is 25.0 Å². The average molecular weight is 527 g/mol. The molecule has 0 saturated carbocycles. The summed E-state index contributed by atoms with van der Waals surface area (Å²) < 4.78 is 23.2. The average Bonchev–Trinajstić information content (AvgIpc) is 3.69. The van der Waals surface area contributed by atoms with E-state index in [9.17, 15) is 9.50 Å². The van der Waals surface area contributed by atoms with Gasteiger partial charge in [0.25, 0.3) is 0 Å². The Labute approximate surface area is 226 Å². The number of nitrogens with one attached hydrogen (secondary N) is 1. The third-order valence-electron chi connectivity index (χ3n) is 8.54. The molecule has 2 N–H and O–H groups in total. The highest BCUT2D eigenvalue weighted by Gasteiger charge is 2.39. The number of phenols is 1. The van der Waals surface area contributed by atoms with Gasteiger partial charge in [0.2, 0.25) is 5.88 Å². The summed E-state index contributed by atoms with van der Waals surface area (Å²) in [5.41, 5.74) is 1.99. The van der Waals surface area contributed by atoms with Crippen molar-refractivity contribution in [1.29, 1.82) is 0 Å². The van der Waals surface area contributed by atoms with E-state index in [0.29, 0.717) is 45.5 Å². The Bertz CT molecular complexity index is 1620.